The van der Waals surface area contributed by atoms with E-state index in [4.69, 9.17) is 4.84 Å². The number of amides is 1. The molecular formula is C58H88BrF2MgNO5. The number of ketones is 1. The van der Waals surface area contributed by atoms with E-state index in [1.165, 1.54) is 87.8 Å². The van der Waals surface area contributed by atoms with Crippen molar-refractivity contribution < 1.29 is 50.4 Å². The van der Waals surface area contributed by atoms with Crippen LogP contribution in [0, 0.1) is 113 Å². The van der Waals surface area contributed by atoms with Crippen molar-refractivity contribution in [3.05, 3.63) is 70.8 Å². The Morgan fingerprint density at radius 1 is 0.647 bits per heavy atom. The van der Waals surface area contributed by atoms with Gasteiger partial charge in [0.2, 0.25) is 5.91 Å². The molecule has 0 aromatic heterocycles. The van der Waals surface area contributed by atoms with E-state index in [1.807, 2.05) is 13.8 Å². The second-order valence-corrected chi connectivity index (χ2v) is 23.7. The predicted octanol–water partition coefficient (Wildman–Crippen LogP) is 10.2. The maximum absolute atomic E-state index is 13.7. The minimum absolute atomic E-state index is 0. The van der Waals surface area contributed by atoms with Gasteiger partial charge in [-0.1, -0.05) is 35.6 Å². The number of aliphatic hydroxyl groups is 2. The van der Waals surface area contributed by atoms with Crippen LogP contribution in [0.3, 0.4) is 0 Å². The second-order valence-electron chi connectivity index (χ2n) is 23.7. The smallest absolute Gasteiger partial charge is 1.00 e. The van der Waals surface area contributed by atoms with Gasteiger partial charge in [0.25, 0.3) is 0 Å². The molecular weight excluding hydrogens is 933 g/mol. The van der Waals surface area contributed by atoms with Gasteiger partial charge >= 0.3 is 23.1 Å². The molecule has 8 saturated carbocycles. The van der Waals surface area contributed by atoms with E-state index >= 15 is 0 Å². The van der Waals surface area contributed by atoms with Gasteiger partial charge in [0.15, 0.2) is 5.78 Å². The normalized spacial score (nSPS) is 40.4. The summed E-state index contributed by atoms with van der Waals surface area (Å²) >= 11 is 0. The summed E-state index contributed by atoms with van der Waals surface area (Å²) in [5, 5.41) is 22.5. The van der Waals surface area contributed by atoms with Crippen molar-refractivity contribution in [1.82, 2.24) is 5.06 Å². The first-order chi connectivity index (χ1) is 30.3. The number of halogens is 3. The number of nitrogens with zero attached hydrogens (tertiary/aromatic N) is 1. The maximum atomic E-state index is 13.7. The molecule has 0 heterocycles. The zero-order chi connectivity index (χ0) is 45.9. The summed E-state index contributed by atoms with van der Waals surface area (Å²) in [5.74, 6) is 7.76. The Hall–Kier alpha value is -1.43. The zero-order valence-corrected chi connectivity index (χ0v) is 44.5. The summed E-state index contributed by atoms with van der Waals surface area (Å²) < 4.78 is 26.0. The Morgan fingerprint density at radius 2 is 1.12 bits per heavy atom. The van der Waals surface area contributed by atoms with Crippen molar-refractivity contribution in [1.29, 1.82) is 0 Å². The number of benzene rings is 2. The van der Waals surface area contributed by atoms with Crippen LogP contribution in [0.25, 0.3) is 0 Å². The topological polar surface area (TPSA) is 87.1 Å². The average molecular weight is 1020 g/mol. The van der Waals surface area contributed by atoms with E-state index in [0.29, 0.717) is 34.4 Å². The molecule has 1 amide bonds. The van der Waals surface area contributed by atoms with Crippen molar-refractivity contribution in [2.24, 2.45) is 81.8 Å². The zero-order valence-electron chi connectivity index (χ0n) is 41.5. The summed E-state index contributed by atoms with van der Waals surface area (Å²) in [6.45, 7) is 12.3. The Morgan fingerprint density at radius 3 is 1.57 bits per heavy atom. The van der Waals surface area contributed by atoms with Gasteiger partial charge in [0.1, 0.15) is 5.82 Å². The molecule has 8 aliphatic carbocycles. The summed E-state index contributed by atoms with van der Waals surface area (Å²) in [7, 11) is 3.34. The number of carbonyl (C=O) groups excluding carboxylic acids is 2. The molecule has 2 aromatic rings. The van der Waals surface area contributed by atoms with Gasteiger partial charge in [0, 0.05) is 30.3 Å². The van der Waals surface area contributed by atoms with Crippen LogP contribution in [0.2, 0.25) is 0 Å². The van der Waals surface area contributed by atoms with Gasteiger partial charge in [0.05, 0.1) is 18.3 Å². The van der Waals surface area contributed by atoms with Crippen LogP contribution < -0.4 is 17.0 Å². The summed E-state index contributed by atoms with van der Waals surface area (Å²) in [5.41, 5.74) is 1.25. The Kier molecular flexibility index (Phi) is 20.2. The third kappa shape index (κ3) is 11.5. The van der Waals surface area contributed by atoms with Crippen LogP contribution in [0.15, 0.2) is 36.4 Å². The maximum Gasteiger partial charge on any atom is 2.00 e. The van der Waals surface area contributed by atoms with Crippen molar-refractivity contribution in [2.45, 2.75) is 183 Å². The number of hydroxylamine groups is 2. The number of hydrogen-bond donors (Lipinski definition) is 2. The van der Waals surface area contributed by atoms with Crippen molar-refractivity contribution >= 4 is 34.7 Å². The van der Waals surface area contributed by atoms with E-state index in [1.54, 1.807) is 52.3 Å². The van der Waals surface area contributed by atoms with Gasteiger partial charge in [-0.25, -0.2) is 13.8 Å². The number of fused-ring (bicyclic) bond motifs is 10. The second kappa shape index (κ2) is 23.2. The quantitative estimate of drug-likeness (QED) is 0.138. The van der Waals surface area contributed by atoms with E-state index in [-0.39, 0.29) is 101 Å². The standard InChI is InChI=1S/C27H37FO2.C22H37NO3.C7H6F.2CH4.BrH.Mg/c1-16-14-17(5-9-24(16)28)25(29)23-8-7-22-21-6-4-18-15-26(2,30)12-10-19(18)20(21)11-13-27(22,23)3;1-21(25)11-9-15-14(13-21)5-6-17-16(15)10-12-22(2)18(17)7-8-19(22)20(24)23(3)26-4;1-6-4-2-3-5-7(6)8;;;;/h5,9,14,18-23,30H,4,6-8,10-13,15H2,1-3H3;14-19,25H,5-13H2,1-4H3;3-5H,1H3;2*1H4;1H;/q;;-1;;;;+2/p-1/t18-,19+,20-,21-,22+,23-,26-,27+;14-,15+,16-,17-,18+,19-,21-,22+;;;;;/m11...../s1. The molecule has 8 fully saturated rings. The Bertz CT molecular complexity index is 1990. The largest absolute Gasteiger partial charge is 2.00 e. The Balaban J connectivity index is 0.000000244. The van der Waals surface area contributed by atoms with Crippen LogP contribution in [-0.4, -0.2) is 75.4 Å². The first kappa shape index (κ1) is 59.1. The number of rotatable bonds is 4. The molecule has 16 atom stereocenters. The third-order valence-corrected chi connectivity index (χ3v) is 20.1. The molecule has 10 heteroatoms. The predicted molar refractivity (Wildman–Crippen MR) is 267 cm³/mol. The van der Waals surface area contributed by atoms with Crippen molar-refractivity contribution in [3.8, 4) is 0 Å². The molecule has 0 radical (unpaired) electrons. The van der Waals surface area contributed by atoms with E-state index in [9.17, 15) is 28.6 Å². The van der Waals surface area contributed by atoms with E-state index < -0.39 is 11.2 Å². The fraction of sp³-hybridized carbons (Fsp3) is 0.759. The molecule has 378 valence electrons. The summed E-state index contributed by atoms with van der Waals surface area (Å²) in [6.07, 6.45) is 20.7. The minimum atomic E-state index is -0.463. The fourth-order valence-electron chi connectivity index (χ4n) is 16.8. The van der Waals surface area contributed by atoms with Crippen LogP contribution in [0.1, 0.15) is 180 Å². The number of hydrogen-bond acceptors (Lipinski definition) is 5. The van der Waals surface area contributed by atoms with Crippen LogP contribution >= 0.6 is 0 Å². The first-order valence-electron chi connectivity index (χ1n) is 25.5. The molecule has 8 aliphatic rings. The molecule has 0 saturated heterocycles. The van der Waals surface area contributed by atoms with Gasteiger partial charge in [-0.05, 0) is 230 Å². The number of carbonyl (C=O) groups is 2. The molecule has 68 heavy (non-hydrogen) atoms. The summed E-state index contributed by atoms with van der Waals surface area (Å²) in [6, 6.07) is 12.2. The van der Waals surface area contributed by atoms with Gasteiger partial charge in [-0.2, -0.15) is 18.2 Å². The summed E-state index contributed by atoms with van der Waals surface area (Å²) in [4.78, 5) is 31.6. The van der Waals surface area contributed by atoms with E-state index in [2.05, 4.69) is 19.9 Å². The average Bonchev–Trinajstić information content (AvgIpc) is 3.81. The number of aryl methyl sites for hydroxylation is 2. The van der Waals surface area contributed by atoms with Crippen molar-refractivity contribution in [3.63, 3.8) is 0 Å². The molecule has 0 aliphatic heterocycles. The third-order valence-electron chi connectivity index (χ3n) is 20.1. The molecule has 2 aromatic carbocycles. The molecule has 6 nitrogen and oxygen atoms in total. The SMILES string of the molecule is C.C.CON(C)C(=O)[C@H]1CC[C@H]2[C@@H]3CC[C@@H]4C[C@](C)(O)CC[C@@H]4[C@H]3CC[C@]12C.Cc1c[c-]ccc1F.Cc1cc(C(=O)[C@H]2CC[C@H]3[C@@H]4CC[C@@H]5C[C@](C)(O)CC[C@@H]5[C@H]4CC[C@]23C)ccc1F.[Br-].[Mg+2]. The van der Waals surface area contributed by atoms with E-state index in [0.717, 1.165) is 86.4 Å². The molecule has 0 spiro atoms. The van der Waals surface area contributed by atoms with Crippen molar-refractivity contribution in [2.75, 3.05) is 14.2 Å². The van der Waals surface area contributed by atoms with Gasteiger partial charge < -0.3 is 27.2 Å². The molecule has 0 unspecified atom stereocenters. The molecule has 10 rings (SSSR count). The number of Topliss-reactive ketones (excluding diaryl/α,β-unsaturated/α-hetero) is 1. The first-order valence-corrected chi connectivity index (χ1v) is 25.5. The van der Waals surface area contributed by atoms with Gasteiger partial charge in [-0.3, -0.25) is 14.4 Å². The molecule has 0 bridgehead atoms. The monoisotopic (exact) mass is 1020 g/mol. The van der Waals surface area contributed by atoms with Gasteiger partial charge in [-0.15, -0.1) is 11.6 Å². The van der Waals surface area contributed by atoms with Crippen LogP contribution in [0.5, 0.6) is 0 Å². The van der Waals surface area contributed by atoms with Crippen LogP contribution in [-0.2, 0) is 9.63 Å². The Labute approximate surface area is 437 Å². The molecule has 2 N–H and O–H groups in total. The fourth-order valence-corrected chi connectivity index (χ4v) is 16.8. The van der Waals surface area contributed by atoms with Crippen LogP contribution in [0.4, 0.5) is 8.78 Å². The minimum Gasteiger partial charge on any atom is -1.00 e.